The third kappa shape index (κ3) is 3.59. The molecule has 1 aromatic carbocycles. The van der Waals surface area contributed by atoms with Crippen molar-refractivity contribution in [1.82, 2.24) is 4.90 Å². The highest BCUT2D eigenvalue weighted by Gasteiger charge is 2.39. The summed E-state index contributed by atoms with van der Waals surface area (Å²) in [6.45, 7) is 4.12. The summed E-state index contributed by atoms with van der Waals surface area (Å²) in [7, 11) is 0. The minimum Gasteiger partial charge on any atom is -0.393 e. The van der Waals surface area contributed by atoms with E-state index in [1.54, 1.807) is 0 Å². The van der Waals surface area contributed by atoms with Gasteiger partial charge in [-0.1, -0.05) is 25.5 Å². The van der Waals surface area contributed by atoms with Gasteiger partial charge in [-0.3, -0.25) is 4.79 Å². The summed E-state index contributed by atoms with van der Waals surface area (Å²) in [4.78, 5) is 14.8. The van der Waals surface area contributed by atoms with E-state index < -0.39 is 0 Å². The fourth-order valence-corrected chi connectivity index (χ4v) is 3.87. The van der Waals surface area contributed by atoms with E-state index in [0.717, 1.165) is 37.8 Å². The standard InChI is InChI=1S/C19H27NO3/c1-2-4-14-6-8-15(9-7-14)19(22)20-11-3-5-17(20)16-13-23-12-10-18(16)21/h6-9,16-18,21H,2-5,10-13H2,1H3/t16-,17-,18+/m1/s1. The average molecular weight is 317 g/mol. The molecule has 0 aromatic heterocycles. The largest absolute Gasteiger partial charge is 0.393 e. The number of amides is 1. The Kier molecular flexibility index (Phi) is 5.34. The molecule has 2 aliphatic rings. The number of likely N-dealkylation sites (tertiary alicyclic amines) is 1. The number of carbonyl (C=O) groups excluding carboxylic acids is 1. The van der Waals surface area contributed by atoms with Crippen molar-refractivity contribution in [2.45, 2.75) is 51.2 Å². The molecule has 1 N–H and O–H groups in total. The Morgan fingerprint density at radius 1 is 1.30 bits per heavy atom. The van der Waals surface area contributed by atoms with E-state index in [1.807, 2.05) is 17.0 Å². The molecule has 4 nitrogen and oxygen atoms in total. The summed E-state index contributed by atoms with van der Waals surface area (Å²) >= 11 is 0. The van der Waals surface area contributed by atoms with E-state index in [-0.39, 0.29) is 24.0 Å². The Balaban J connectivity index is 1.72. The predicted molar refractivity (Wildman–Crippen MR) is 89.4 cm³/mol. The molecule has 2 fully saturated rings. The lowest BCUT2D eigenvalue weighted by Crippen LogP contribution is -2.48. The van der Waals surface area contributed by atoms with Crippen molar-refractivity contribution in [3.8, 4) is 0 Å². The number of nitrogens with zero attached hydrogens (tertiary/aromatic N) is 1. The zero-order valence-electron chi connectivity index (χ0n) is 13.9. The average Bonchev–Trinajstić information content (AvgIpc) is 3.05. The summed E-state index contributed by atoms with van der Waals surface area (Å²) in [5.41, 5.74) is 2.03. The Morgan fingerprint density at radius 3 is 2.78 bits per heavy atom. The van der Waals surface area contributed by atoms with Gasteiger partial charge in [-0.25, -0.2) is 0 Å². The first-order valence-corrected chi connectivity index (χ1v) is 8.86. The fraction of sp³-hybridized carbons (Fsp3) is 0.632. The maximum Gasteiger partial charge on any atom is 0.254 e. The van der Waals surface area contributed by atoms with Crippen LogP contribution in [0.2, 0.25) is 0 Å². The molecule has 0 saturated carbocycles. The smallest absolute Gasteiger partial charge is 0.254 e. The Labute approximate surface area is 138 Å². The normalized spacial score (nSPS) is 28.1. The zero-order chi connectivity index (χ0) is 16.2. The second kappa shape index (κ2) is 7.45. The molecule has 0 bridgehead atoms. The number of rotatable bonds is 4. The van der Waals surface area contributed by atoms with Crippen LogP contribution < -0.4 is 0 Å². The first-order chi connectivity index (χ1) is 11.2. The number of aliphatic hydroxyl groups excluding tert-OH is 1. The van der Waals surface area contributed by atoms with Gasteiger partial charge in [0.15, 0.2) is 0 Å². The van der Waals surface area contributed by atoms with Crippen molar-refractivity contribution in [3.63, 3.8) is 0 Å². The molecule has 126 valence electrons. The highest BCUT2D eigenvalue weighted by Crippen LogP contribution is 2.31. The van der Waals surface area contributed by atoms with E-state index in [0.29, 0.717) is 19.6 Å². The van der Waals surface area contributed by atoms with Crippen LogP contribution in [-0.2, 0) is 11.2 Å². The van der Waals surface area contributed by atoms with Crippen LogP contribution in [0, 0.1) is 5.92 Å². The van der Waals surface area contributed by atoms with Gasteiger partial charge in [-0.2, -0.15) is 0 Å². The van der Waals surface area contributed by atoms with Gasteiger partial charge in [0.05, 0.1) is 12.7 Å². The quantitative estimate of drug-likeness (QED) is 0.929. The number of hydrogen-bond donors (Lipinski definition) is 1. The van der Waals surface area contributed by atoms with Gasteiger partial charge >= 0.3 is 0 Å². The van der Waals surface area contributed by atoms with E-state index >= 15 is 0 Å². The van der Waals surface area contributed by atoms with Crippen molar-refractivity contribution >= 4 is 5.91 Å². The van der Waals surface area contributed by atoms with Crippen molar-refractivity contribution in [2.75, 3.05) is 19.8 Å². The highest BCUT2D eigenvalue weighted by atomic mass is 16.5. The lowest BCUT2D eigenvalue weighted by molar-refractivity contribution is -0.0589. The minimum atomic E-state index is -0.353. The second-order valence-corrected chi connectivity index (χ2v) is 6.75. The van der Waals surface area contributed by atoms with Crippen LogP contribution in [0.5, 0.6) is 0 Å². The number of ether oxygens (including phenoxy) is 1. The molecule has 3 rings (SSSR count). The zero-order valence-corrected chi connectivity index (χ0v) is 13.9. The third-order valence-electron chi connectivity index (χ3n) is 5.16. The van der Waals surface area contributed by atoms with Crippen LogP contribution in [-0.4, -0.2) is 47.8 Å². The number of aryl methyl sites for hydroxylation is 1. The van der Waals surface area contributed by atoms with E-state index in [9.17, 15) is 9.90 Å². The van der Waals surface area contributed by atoms with Gasteiger partial charge in [-0.15, -0.1) is 0 Å². The molecule has 4 heteroatoms. The lowest BCUT2D eigenvalue weighted by atomic mass is 9.89. The summed E-state index contributed by atoms with van der Waals surface area (Å²) < 4.78 is 5.54. The van der Waals surface area contributed by atoms with Crippen molar-refractivity contribution in [2.24, 2.45) is 5.92 Å². The Hall–Kier alpha value is -1.39. The highest BCUT2D eigenvalue weighted by molar-refractivity contribution is 5.94. The van der Waals surface area contributed by atoms with Crippen LogP contribution in [0.4, 0.5) is 0 Å². The second-order valence-electron chi connectivity index (χ2n) is 6.75. The van der Waals surface area contributed by atoms with Crippen LogP contribution in [0.15, 0.2) is 24.3 Å². The number of carbonyl (C=O) groups is 1. The van der Waals surface area contributed by atoms with Crippen LogP contribution in [0.3, 0.4) is 0 Å². The van der Waals surface area contributed by atoms with Crippen molar-refractivity contribution in [1.29, 1.82) is 0 Å². The Morgan fingerprint density at radius 2 is 2.09 bits per heavy atom. The molecule has 1 aromatic rings. The van der Waals surface area contributed by atoms with Crippen LogP contribution >= 0.6 is 0 Å². The maximum absolute atomic E-state index is 12.9. The molecule has 2 heterocycles. The molecule has 0 aliphatic carbocycles. The number of benzene rings is 1. The summed E-state index contributed by atoms with van der Waals surface area (Å²) in [6, 6.07) is 8.10. The SMILES string of the molecule is CCCc1ccc(C(=O)N2CCC[C@@H]2[C@H]2COCC[C@@H]2O)cc1. The third-order valence-corrected chi connectivity index (χ3v) is 5.16. The number of hydrogen-bond acceptors (Lipinski definition) is 3. The van der Waals surface area contributed by atoms with Crippen molar-refractivity contribution < 1.29 is 14.6 Å². The topological polar surface area (TPSA) is 49.8 Å². The van der Waals surface area contributed by atoms with Crippen molar-refractivity contribution in [3.05, 3.63) is 35.4 Å². The molecule has 2 aliphatic heterocycles. The molecule has 0 unspecified atom stereocenters. The van der Waals surface area contributed by atoms with Gasteiger partial charge in [0, 0.05) is 30.7 Å². The molecule has 23 heavy (non-hydrogen) atoms. The number of aliphatic hydroxyl groups is 1. The molecular formula is C19H27NO3. The molecular weight excluding hydrogens is 290 g/mol. The first-order valence-electron chi connectivity index (χ1n) is 8.86. The lowest BCUT2D eigenvalue weighted by Gasteiger charge is -2.37. The summed E-state index contributed by atoms with van der Waals surface area (Å²) in [6.07, 6.45) is 4.45. The van der Waals surface area contributed by atoms with Gasteiger partial charge in [0.25, 0.3) is 5.91 Å². The fourth-order valence-electron chi connectivity index (χ4n) is 3.87. The molecule has 2 saturated heterocycles. The van der Waals surface area contributed by atoms with Gasteiger partial charge in [0.2, 0.25) is 0 Å². The van der Waals surface area contributed by atoms with Crippen LogP contribution in [0.1, 0.15) is 48.5 Å². The van der Waals surface area contributed by atoms with E-state index in [2.05, 4.69) is 19.1 Å². The summed E-state index contributed by atoms with van der Waals surface area (Å²) in [5.74, 6) is 0.142. The monoisotopic (exact) mass is 317 g/mol. The predicted octanol–water partition coefficient (Wildman–Crippen LogP) is 2.64. The van der Waals surface area contributed by atoms with E-state index in [4.69, 9.17) is 4.74 Å². The van der Waals surface area contributed by atoms with Gasteiger partial charge in [0.1, 0.15) is 0 Å². The first kappa shape index (κ1) is 16.5. The molecule has 3 atom stereocenters. The van der Waals surface area contributed by atoms with Gasteiger partial charge < -0.3 is 14.7 Å². The van der Waals surface area contributed by atoms with E-state index in [1.165, 1.54) is 5.56 Å². The maximum atomic E-state index is 12.9. The molecule has 0 radical (unpaired) electrons. The minimum absolute atomic E-state index is 0.0505. The summed E-state index contributed by atoms with van der Waals surface area (Å²) in [5, 5.41) is 10.3. The van der Waals surface area contributed by atoms with Gasteiger partial charge in [-0.05, 0) is 43.4 Å². The van der Waals surface area contributed by atoms with Crippen LogP contribution in [0.25, 0.3) is 0 Å². The molecule has 0 spiro atoms. The Bertz CT molecular complexity index is 528. The molecule has 1 amide bonds.